The van der Waals surface area contributed by atoms with Gasteiger partial charge in [0, 0.05) is 41.4 Å². The number of aryl methyl sites for hydroxylation is 1. The van der Waals surface area contributed by atoms with E-state index in [1.54, 1.807) is 48.5 Å². The first-order valence-corrected chi connectivity index (χ1v) is 15.4. The van der Waals surface area contributed by atoms with E-state index < -0.39 is 16.1 Å². The number of ether oxygens (including phenoxy) is 1. The molecule has 0 fully saturated rings. The van der Waals surface area contributed by atoms with Crippen LogP contribution >= 0.6 is 0 Å². The average Bonchev–Trinajstić information content (AvgIpc) is 3.38. The number of carbonyl (C=O) groups excluding carboxylic acids is 1. The molecule has 0 bridgehead atoms. The molecule has 3 aromatic carbocycles. The minimum Gasteiger partial charge on any atom is -0.462 e. The van der Waals surface area contributed by atoms with Crippen molar-refractivity contribution >= 4 is 32.6 Å². The third kappa shape index (κ3) is 8.19. The average molecular weight is 578 g/mol. The van der Waals surface area contributed by atoms with Crippen LogP contribution in [0, 0.1) is 0 Å². The van der Waals surface area contributed by atoms with E-state index in [9.17, 15) is 18.3 Å². The Balaban J connectivity index is 1.32. The lowest BCUT2D eigenvalue weighted by Gasteiger charge is -2.28. The summed E-state index contributed by atoms with van der Waals surface area (Å²) in [5.41, 5.74) is 2.32. The predicted octanol–water partition coefficient (Wildman–Crippen LogP) is 5.89. The Kier molecular flexibility index (Phi) is 9.86. The van der Waals surface area contributed by atoms with Crippen LogP contribution < -0.4 is 10.0 Å². The number of nitrogens with one attached hydrogen (secondary N) is 2. The number of fused-ring (bicyclic) bond motifs is 1. The van der Waals surface area contributed by atoms with Crippen LogP contribution in [-0.2, 0) is 21.3 Å². The third-order valence-electron chi connectivity index (χ3n) is 7.07. The molecule has 0 radical (unpaired) electrons. The van der Waals surface area contributed by atoms with Crippen molar-refractivity contribution in [1.82, 2.24) is 9.88 Å². The van der Waals surface area contributed by atoms with Gasteiger partial charge in [-0.05, 0) is 80.8 Å². The van der Waals surface area contributed by atoms with E-state index in [0.29, 0.717) is 30.0 Å². The Hall–Kier alpha value is -3.66. The zero-order chi connectivity index (χ0) is 29.5. The highest BCUT2D eigenvalue weighted by molar-refractivity contribution is 7.92. The molecule has 0 aliphatic rings. The lowest BCUT2D eigenvalue weighted by atomic mass is 9.99. The Morgan fingerprint density at radius 3 is 2.56 bits per heavy atom. The quantitative estimate of drug-likeness (QED) is 0.127. The van der Waals surface area contributed by atoms with E-state index in [1.807, 2.05) is 24.4 Å². The molecule has 8 nitrogen and oxygen atoms in total. The fourth-order valence-electron chi connectivity index (χ4n) is 4.52. The summed E-state index contributed by atoms with van der Waals surface area (Å²) >= 11 is 0. The Bertz CT molecular complexity index is 1560. The summed E-state index contributed by atoms with van der Waals surface area (Å²) in [6, 6.07) is 22.6. The summed E-state index contributed by atoms with van der Waals surface area (Å²) in [4.78, 5) is 12.5. The molecule has 0 saturated carbocycles. The smallest absolute Gasteiger partial charge is 0.338 e. The number of carbonyl (C=O) groups is 1. The molecule has 0 amide bonds. The highest BCUT2D eigenvalue weighted by atomic mass is 32.2. The number of anilines is 1. The summed E-state index contributed by atoms with van der Waals surface area (Å²) in [5.74, 6) is -0.295. The lowest BCUT2D eigenvalue weighted by molar-refractivity contribution is 0.0500. The van der Waals surface area contributed by atoms with Gasteiger partial charge < -0.3 is 19.7 Å². The number of benzene rings is 3. The normalized spacial score (nSPS) is 12.8. The second-order valence-electron chi connectivity index (χ2n) is 10.8. The molecule has 1 heterocycles. The number of esters is 1. The van der Waals surface area contributed by atoms with Gasteiger partial charge in [-0.2, -0.15) is 0 Å². The Morgan fingerprint density at radius 2 is 1.80 bits per heavy atom. The predicted molar refractivity (Wildman–Crippen MR) is 162 cm³/mol. The highest BCUT2D eigenvalue weighted by Gasteiger charge is 2.21. The van der Waals surface area contributed by atoms with Gasteiger partial charge in [-0.3, -0.25) is 4.72 Å². The second kappa shape index (κ2) is 13.3. The van der Waals surface area contributed by atoms with Gasteiger partial charge in [-0.15, -0.1) is 0 Å². The maximum atomic E-state index is 12.7. The van der Waals surface area contributed by atoms with Crippen molar-refractivity contribution in [3.63, 3.8) is 0 Å². The van der Waals surface area contributed by atoms with Gasteiger partial charge in [0.2, 0.25) is 0 Å². The van der Waals surface area contributed by atoms with E-state index in [2.05, 4.69) is 35.4 Å². The molecule has 1 aromatic heterocycles. The lowest BCUT2D eigenvalue weighted by Crippen LogP contribution is -2.42. The maximum Gasteiger partial charge on any atom is 0.338 e. The molecule has 0 unspecified atom stereocenters. The molecule has 0 spiro atoms. The number of β-amino-alcohol motifs (C(OH)–C–C–N with tert-alkyl or cyclic N) is 1. The van der Waals surface area contributed by atoms with Crippen LogP contribution in [0.25, 0.3) is 10.9 Å². The number of rotatable bonds is 14. The number of unbranched alkanes of at least 4 members (excludes halogenated alkanes) is 1. The molecular weight excluding hydrogens is 538 g/mol. The first kappa shape index (κ1) is 30.3. The van der Waals surface area contributed by atoms with Crippen LogP contribution in [0.4, 0.5) is 5.69 Å². The SMILES string of the molecule is CCCCOC(=O)c1ccc2c(ccn2CCC(C)(C)NC[C@H](O)c2cccc(NS(=O)(=O)c3ccccc3)c2)c1. The van der Waals surface area contributed by atoms with Crippen LogP contribution in [-0.4, -0.2) is 42.8 Å². The van der Waals surface area contributed by atoms with Gasteiger partial charge in [0.25, 0.3) is 10.0 Å². The van der Waals surface area contributed by atoms with Crippen LogP contribution in [0.1, 0.15) is 62.1 Å². The summed E-state index contributed by atoms with van der Waals surface area (Å²) in [6.07, 6.45) is 3.82. The Morgan fingerprint density at radius 1 is 1.02 bits per heavy atom. The van der Waals surface area contributed by atoms with Crippen LogP contribution in [0.5, 0.6) is 0 Å². The maximum absolute atomic E-state index is 12.7. The van der Waals surface area contributed by atoms with Gasteiger partial charge in [0.05, 0.1) is 23.2 Å². The second-order valence-corrected chi connectivity index (χ2v) is 12.5. The topological polar surface area (TPSA) is 110 Å². The van der Waals surface area contributed by atoms with Crippen LogP contribution in [0.3, 0.4) is 0 Å². The van der Waals surface area contributed by atoms with Crippen molar-refractivity contribution in [1.29, 1.82) is 0 Å². The number of hydrogen-bond donors (Lipinski definition) is 3. The molecular formula is C32H39N3O5S. The molecule has 4 rings (SSSR count). The Labute approximate surface area is 242 Å². The minimum atomic E-state index is -3.72. The van der Waals surface area contributed by atoms with Crippen LogP contribution in [0.15, 0.2) is 90.0 Å². The molecule has 9 heteroatoms. The van der Waals surface area contributed by atoms with Crippen LogP contribution in [0.2, 0.25) is 0 Å². The van der Waals surface area contributed by atoms with E-state index in [-0.39, 0.29) is 16.4 Å². The summed E-state index contributed by atoms with van der Waals surface area (Å²) in [5, 5.41) is 15.3. The molecule has 0 aliphatic heterocycles. The van der Waals surface area contributed by atoms with Gasteiger partial charge >= 0.3 is 5.97 Å². The zero-order valence-electron chi connectivity index (χ0n) is 23.8. The monoisotopic (exact) mass is 577 g/mol. The highest BCUT2D eigenvalue weighted by Crippen LogP contribution is 2.23. The first-order chi connectivity index (χ1) is 19.6. The largest absolute Gasteiger partial charge is 0.462 e. The molecule has 4 aromatic rings. The molecule has 0 aliphatic carbocycles. The fourth-order valence-corrected chi connectivity index (χ4v) is 5.59. The number of nitrogens with zero attached hydrogens (tertiary/aromatic N) is 1. The number of hydrogen-bond acceptors (Lipinski definition) is 6. The molecule has 41 heavy (non-hydrogen) atoms. The summed E-state index contributed by atoms with van der Waals surface area (Å²) < 4.78 is 35.4. The van der Waals surface area contributed by atoms with Crippen molar-refractivity contribution in [2.45, 2.75) is 63.1 Å². The van der Waals surface area contributed by atoms with E-state index in [4.69, 9.17) is 4.74 Å². The summed E-state index contributed by atoms with van der Waals surface area (Å²) in [7, 11) is -3.72. The van der Waals surface area contributed by atoms with Gasteiger partial charge in [-0.1, -0.05) is 43.7 Å². The third-order valence-corrected chi connectivity index (χ3v) is 8.46. The molecule has 3 N–H and O–H groups in total. The van der Waals surface area contributed by atoms with Gasteiger partial charge in [-0.25, -0.2) is 13.2 Å². The van der Waals surface area contributed by atoms with E-state index in [0.717, 1.165) is 36.7 Å². The van der Waals surface area contributed by atoms with E-state index in [1.165, 1.54) is 12.1 Å². The number of aromatic nitrogens is 1. The number of sulfonamides is 1. The van der Waals surface area contributed by atoms with Crippen molar-refractivity contribution in [3.8, 4) is 0 Å². The standard InChI is InChI=1S/C32H39N3O5S/c1-4-5-20-40-31(37)26-14-15-29-24(21-26)16-18-35(29)19-17-32(2,3)33-23-30(36)25-10-9-11-27(22-25)34-41(38,39)28-12-7-6-8-13-28/h6-16,18,21-22,30,33-34,36H,4-5,17,19-20,23H2,1-3H3/t30-/m0/s1. The van der Waals surface area contributed by atoms with Crippen molar-refractivity contribution in [2.24, 2.45) is 0 Å². The fraction of sp³-hybridized carbons (Fsp3) is 0.344. The van der Waals surface area contributed by atoms with Gasteiger partial charge in [0.1, 0.15) is 0 Å². The zero-order valence-corrected chi connectivity index (χ0v) is 24.7. The number of aliphatic hydroxyl groups is 1. The molecule has 1 atom stereocenters. The number of aliphatic hydroxyl groups excluding tert-OH is 1. The molecule has 0 saturated heterocycles. The van der Waals surface area contributed by atoms with Crippen molar-refractivity contribution < 1.29 is 23.1 Å². The van der Waals surface area contributed by atoms with Gasteiger partial charge in [0.15, 0.2) is 0 Å². The first-order valence-electron chi connectivity index (χ1n) is 13.9. The summed E-state index contributed by atoms with van der Waals surface area (Å²) in [6.45, 7) is 7.71. The van der Waals surface area contributed by atoms with Crippen molar-refractivity contribution in [2.75, 3.05) is 17.9 Å². The van der Waals surface area contributed by atoms with Crippen molar-refractivity contribution in [3.05, 3.63) is 96.2 Å². The van der Waals surface area contributed by atoms with E-state index >= 15 is 0 Å². The minimum absolute atomic E-state index is 0.176. The molecule has 218 valence electrons.